The lowest BCUT2D eigenvalue weighted by molar-refractivity contribution is 0.0967. The molecule has 1 atom stereocenters. The number of benzene rings is 2. The average Bonchev–Trinajstić information content (AvgIpc) is 2.97. The molecule has 3 amide bonds. The van der Waals surface area contributed by atoms with Gasteiger partial charge < -0.3 is 4.55 Å². The molecule has 0 radical (unpaired) electrons. The number of rotatable bonds is 4. The molecule has 2 aromatic carbocycles. The number of carbonyl (C=O) groups is 2. The fraction of sp³-hybridized carbons (Fsp3) is 0.0625. The van der Waals surface area contributed by atoms with Gasteiger partial charge in [0.2, 0.25) is 0 Å². The molecule has 0 aliphatic carbocycles. The third-order valence-electron chi connectivity index (χ3n) is 3.38. The van der Waals surface area contributed by atoms with Gasteiger partial charge in [0.1, 0.15) is 5.82 Å². The van der Waals surface area contributed by atoms with Crippen LogP contribution in [0.4, 0.5) is 14.3 Å². The maximum Gasteiger partial charge on any atom is 0.327 e. The van der Waals surface area contributed by atoms with E-state index in [1.165, 1.54) is 12.1 Å². The largest absolute Gasteiger partial charge is 0.772 e. The molecule has 27 heavy (non-hydrogen) atoms. The Morgan fingerprint density at radius 3 is 2.81 bits per heavy atom. The van der Waals surface area contributed by atoms with Crippen molar-refractivity contribution in [1.29, 1.82) is 0 Å². The zero-order valence-corrected chi connectivity index (χ0v) is 15.7. The van der Waals surface area contributed by atoms with Crippen molar-refractivity contribution >= 4 is 61.3 Å². The lowest BCUT2D eigenvalue weighted by Crippen LogP contribution is -2.34. The first kappa shape index (κ1) is 19.4. The first-order valence-electron chi connectivity index (χ1n) is 7.35. The highest BCUT2D eigenvalue weighted by atomic mass is 35.5. The number of nitrogens with one attached hydrogen (secondary N) is 2. The van der Waals surface area contributed by atoms with Gasteiger partial charge in [0, 0.05) is 5.75 Å². The summed E-state index contributed by atoms with van der Waals surface area (Å²) in [5.74, 6) is -1.76. The van der Waals surface area contributed by atoms with Crippen molar-refractivity contribution in [1.82, 2.24) is 10.3 Å². The predicted octanol–water partition coefficient (Wildman–Crippen LogP) is 3.43. The maximum atomic E-state index is 13.4. The van der Waals surface area contributed by atoms with Crippen molar-refractivity contribution in [3.05, 3.63) is 58.4 Å². The van der Waals surface area contributed by atoms with Gasteiger partial charge in [-0.05, 0) is 29.8 Å². The van der Waals surface area contributed by atoms with Gasteiger partial charge in [-0.1, -0.05) is 46.2 Å². The smallest absolute Gasteiger partial charge is 0.327 e. The van der Waals surface area contributed by atoms with E-state index < -0.39 is 28.8 Å². The molecule has 0 bridgehead atoms. The summed E-state index contributed by atoms with van der Waals surface area (Å²) in [5, 5.41) is 4.27. The van der Waals surface area contributed by atoms with Crippen LogP contribution in [0, 0.1) is 5.82 Å². The molecule has 3 aromatic rings. The van der Waals surface area contributed by atoms with Crippen molar-refractivity contribution < 1.29 is 22.7 Å². The van der Waals surface area contributed by atoms with Crippen LogP contribution >= 0.6 is 22.9 Å². The number of fused-ring (bicyclic) bond motifs is 1. The number of anilines is 1. The number of nitrogens with zero attached hydrogens (tertiary/aromatic N) is 1. The topological polar surface area (TPSA) is 111 Å². The van der Waals surface area contributed by atoms with Gasteiger partial charge in [-0.25, -0.2) is 14.2 Å². The number of amides is 3. The number of carbonyl (C=O) groups excluding carboxylic acids is 2. The van der Waals surface area contributed by atoms with E-state index in [0.29, 0.717) is 15.8 Å². The minimum atomic E-state index is -2.21. The third kappa shape index (κ3) is 4.66. The maximum absolute atomic E-state index is 13.4. The fourth-order valence-electron chi connectivity index (χ4n) is 2.23. The Kier molecular flexibility index (Phi) is 5.80. The van der Waals surface area contributed by atoms with Gasteiger partial charge in [-0.3, -0.25) is 19.6 Å². The molecule has 0 fully saturated rings. The van der Waals surface area contributed by atoms with Gasteiger partial charge in [-0.15, -0.1) is 0 Å². The van der Waals surface area contributed by atoms with Crippen molar-refractivity contribution in [3.63, 3.8) is 0 Å². The van der Waals surface area contributed by atoms with E-state index in [9.17, 15) is 22.7 Å². The van der Waals surface area contributed by atoms with E-state index in [2.05, 4.69) is 10.3 Å². The van der Waals surface area contributed by atoms with Crippen LogP contribution in [-0.4, -0.2) is 25.7 Å². The van der Waals surface area contributed by atoms with Crippen molar-refractivity contribution in [2.24, 2.45) is 0 Å². The average molecular weight is 427 g/mol. The Balaban J connectivity index is 1.71. The SMILES string of the molecule is O=C(NC(=O)c1cccc(F)c1Cl)Nc1nc2ccc(CS(=O)[O-])cc2s1. The fourth-order valence-corrected chi connectivity index (χ4v) is 3.81. The third-order valence-corrected chi connectivity index (χ3v) is 5.27. The second kappa shape index (κ2) is 8.09. The summed E-state index contributed by atoms with van der Waals surface area (Å²) >= 11 is 4.62. The van der Waals surface area contributed by atoms with Crippen LogP contribution in [0.5, 0.6) is 0 Å². The second-order valence-electron chi connectivity index (χ2n) is 5.28. The summed E-state index contributed by atoms with van der Waals surface area (Å²) in [5.41, 5.74) is 0.980. The minimum absolute atomic E-state index is 0.125. The molecule has 0 saturated carbocycles. The lowest BCUT2D eigenvalue weighted by atomic mass is 10.2. The number of hydrogen-bond donors (Lipinski definition) is 2. The van der Waals surface area contributed by atoms with Crippen LogP contribution < -0.4 is 10.6 Å². The molecule has 11 heteroatoms. The molecule has 140 valence electrons. The number of halogens is 2. The van der Waals surface area contributed by atoms with Crippen LogP contribution in [0.2, 0.25) is 5.02 Å². The Labute approximate surface area is 163 Å². The highest BCUT2D eigenvalue weighted by molar-refractivity contribution is 7.78. The molecule has 1 aromatic heterocycles. The number of aromatic nitrogens is 1. The molecule has 0 aliphatic heterocycles. The van der Waals surface area contributed by atoms with Crippen LogP contribution in [0.1, 0.15) is 15.9 Å². The van der Waals surface area contributed by atoms with E-state index in [1.807, 2.05) is 5.32 Å². The van der Waals surface area contributed by atoms with Crippen LogP contribution in [0.15, 0.2) is 36.4 Å². The van der Waals surface area contributed by atoms with Gasteiger partial charge in [0.15, 0.2) is 5.13 Å². The molecular weight excluding hydrogens is 417 g/mol. The quantitative estimate of drug-likeness (QED) is 0.621. The first-order valence-corrected chi connectivity index (χ1v) is 9.79. The Bertz CT molecular complexity index is 1070. The summed E-state index contributed by atoms with van der Waals surface area (Å²) in [6, 6.07) is 7.73. The molecule has 0 aliphatic rings. The number of imide groups is 1. The van der Waals surface area contributed by atoms with E-state index in [1.54, 1.807) is 18.2 Å². The van der Waals surface area contributed by atoms with Crippen LogP contribution in [-0.2, 0) is 16.8 Å². The molecule has 0 saturated heterocycles. The summed E-state index contributed by atoms with van der Waals surface area (Å²) in [7, 11) is 0. The Hall–Kier alpha value is -2.40. The number of hydrogen-bond acceptors (Lipinski definition) is 6. The molecule has 0 spiro atoms. The molecular formula is C16H10ClFN3O4S2-. The zero-order valence-electron chi connectivity index (χ0n) is 13.3. The van der Waals surface area contributed by atoms with Gasteiger partial charge >= 0.3 is 6.03 Å². The van der Waals surface area contributed by atoms with Crippen molar-refractivity contribution in [2.45, 2.75) is 5.75 Å². The summed E-state index contributed by atoms with van der Waals surface area (Å²) < 4.78 is 35.6. The summed E-state index contributed by atoms with van der Waals surface area (Å²) in [6.45, 7) is 0. The van der Waals surface area contributed by atoms with E-state index in [4.69, 9.17) is 11.6 Å². The number of thiazole rings is 1. The van der Waals surface area contributed by atoms with Crippen molar-refractivity contribution in [3.8, 4) is 0 Å². The normalized spacial score (nSPS) is 12.0. The monoisotopic (exact) mass is 426 g/mol. The van der Waals surface area contributed by atoms with Gasteiger partial charge in [0.25, 0.3) is 5.91 Å². The van der Waals surface area contributed by atoms with E-state index in [-0.39, 0.29) is 21.5 Å². The number of urea groups is 1. The van der Waals surface area contributed by atoms with Gasteiger partial charge in [-0.2, -0.15) is 0 Å². The molecule has 7 nitrogen and oxygen atoms in total. The lowest BCUT2D eigenvalue weighted by Gasteiger charge is -2.06. The standard InChI is InChI=1S/C16H11ClFN3O4S2/c17-13-9(2-1-3-10(13)18)14(22)20-15(23)21-16-19-11-5-4-8(7-27(24)25)6-12(11)26-16/h1-6H,7H2,(H,24,25)(H2,19,20,21,22,23)/p-1. The molecule has 1 unspecified atom stereocenters. The first-order chi connectivity index (χ1) is 12.8. The molecule has 1 heterocycles. The van der Waals surface area contributed by atoms with Crippen LogP contribution in [0.25, 0.3) is 10.2 Å². The second-order valence-corrected chi connectivity index (χ2v) is 7.58. The Morgan fingerprint density at radius 1 is 1.30 bits per heavy atom. The summed E-state index contributed by atoms with van der Waals surface area (Å²) in [6.07, 6.45) is 0. The van der Waals surface area contributed by atoms with Crippen molar-refractivity contribution in [2.75, 3.05) is 5.32 Å². The summed E-state index contributed by atoms with van der Waals surface area (Å²) in [4.78, 5) is 28.2. The van der Waals surface area contributed by atoms with E-state index >= 15 is 0 Å². The highest BCUT2D eigenvalue weighted by Gasteiger charge is 2.17. The van der Waals surface area contributed by atoms with Gasteiger partial charge in [0.05, 0.1) is 20.8 Å². The zero-order chi connectivity index (χ0) is 19.6. The highest BCUT2D eigenvalue weighted by Crippen LogP contribution is 2.27. The molecule has 2 N–H and O–H groups in total. The Morgan fingerprint density at radius 2 is 2.07 bits per heavy atom. The molecule has 3 rings (SSSR count). The van der Waals surface area contributed by atoms with E-state index in [0.717, 1.165) is 17.4 Å². The minimum Gasteiger partial charge on any atom is -0.772 e. The predicted molar refractivity (Wildman–Crippen MR) is 100 cm³/mol. The van der Waals surface area contributed by atoms with Crippen LogP contribution in [0.3, 0.4) is 0 Å².